The van der Waals surface area contributed by atoms with Crippen LogP contribution in [0.1, 0.15) is 25.5 Å². The molecular weight excluding hydrogens is 228 g/mol. The van der Waals surface area contributed by atoms with Crippen molar-refractivity contribution in [2.24, 2.45) is 0 Å². The van der Waals surface area contributed by atoms with Crippen LogP contribution in [0, 0.1) is 0 Å². The summed E-state index contributed by atoms with van der Waals surface area (Å²) in [4.78, 5) is 0. The zero-order valence-electron chi connectivity index (χ0n) is 8.88. The van der Waals surface area contributed by atoms with Crippen LogP contribution < -0.4 is 10.6 Å². The van der Waals surface area contributed by atoms with Crippen molar-refractivity contribution in [1.82, 2.24) is 10.6 Å². The van der Waals surface area contributed by atoms with Crippen molar-refractivity contribution in [3.63, 3.8) is 0 Å². The highest BCUT2D eigenvalue weighted by molar-refractivity contribution is 7.80. The third-order valence-corrected chi connectivity index (χ3v) is 2.66. The largest absolute Gasteiger partial charge is 0.363 e. The third kappa shape index (κ3) is 3.68. The minimum absolute atomic E-state index is 0.116. The molecule has 2 N–H and O–H groups in total. The first kappa shape index (κ1) is 12.3. The van der Waals surface area contributed by atoms with E-state index in [0.29, 0.717) is 5.11 Å². The van der Waals surface area contributed by atoms with E-state index >= 15 is 0 Å². The van der Waals surface area contributed by atoms with E-state index in [9.17, 15) is 0 Å². The molecule has 0 amide bonds. The van der Waals surface area contributed by atoms with Gasteiger partial charge in [-0.2, -0.15) is 0 Å². The molecule has 0 saturated carbocycles. The van der Waals surface area contributed by atoms with Gasteiger partial charge < -0.3 is 10.6 Å². The van der Waals surface area contributed by atoms with E-state index in [2.05, 4.69) is 10.6 Å². The predicted molar refractivity (Wildman–Crippen MR) is 69.3 cm³/mol. The Labute approximate surface area is 101 Å². The molecule has 1 rings (SSSR count). The smallest absolute Gasteiger partial charge is 0.166 e. The van der Waals surface area contributed by atoms with E-state index in [1.165, 1.54) is 0 Å². The number of hydrogen-bond acceptors (Lipinski definition) is 1. The molecule has 1 aromatic rings. The average molecular weight is 243 g/mol. The van der Waals surface area contributed by atoms with Gasteiger partial charge in [-0.15, -0.1) is 0 Å². The number of rotatable bonds is 3. The second-order valence-electron chi connectivity index (χ2n) is 3.25. The maximum absolute atomic E-state index is 6.08. The maximum atomic E-state index is 6.08. The Hall–Kier alpha value is -0.800. The van der Waals surface area contributed by atoms with Gasteiger partial charge in [0.2, 0.25) is 0 Å². The molecule has 82 valence electrons. The fourth-order valence-electron chi connectivity index (χ4n) is 1.31. The molecule has 0 spiro atoms. The summed E-state index contributed by atoms with van der Waals surface area (Å²) < 4.78 is 0. The summed E-state index contributed by atoms with van der Waals surface area (Å²) in [6, 6.07) is 7.88. The number of benzene rings is 1. The van der Waals surface area contributed by atoms with Crippen molar-refractivity contribution in [1.29, 1.82) is 0 Å². The monoisotopic (exact) mass is 242 g/mol. The Morgan fingerprint density at radius 3 is 2.73 bits per heavy atom. The Kier molecular flexibility index (Phi) is 4.85. The van der Waals surface area contributed by atoms with E-state index in [-0.39, 0.29) is 6.04 Å². The second kappa shape index (κ2) is 5.93. The van der Waals surface area contributed by atoms with Crippen molar-refractivity contribution in [2.75, 3.05) is 6.54 Å². The van der Waals surface area contributed by atoms with Crippen LogP contribution in [-0.4, -0.2) is 11.7 Å². The van der Waals surface area contributed by atoms with E-state index in [0.717, 1.165) is 17.1 Å². The van der Waals surface area contributed by atoms with Gasteiger partial charge in [-0.05, 0) is 37.7 Å². The Balaban J connectivity index is 2.65. The summed E-state index contributed by atoms with van der Waals surface area (Å²) >= 11 is 11.2. The first-order valence-corrected chi connectivity index (χ1v) is 5.72. The molecule has 0 saturated heterocycles. The van der Waals surface area contributed by atoms with E-state index in [4.69, 9.17) is 23.8 Å². The van der Waals surface area contributed by atoms with Crippen molar-refractivity contribution in [2.45, 2.75) is 19.9 Å². The van der Waals surface area contributed by atoms with Crippen molar-refractivity contribution in [3.05, 3.63) is 34.9 Å². The predicted octanol–water partition coefficient (Wildman–Crippen LogP) is 2.89. The minimum atomic E-state index is 0.116. The van der Waals surface area contributed by atoms with Crippen LogP contribution in [0.4, 0.5) is 0 Å². The van der Waals surface area contributed by atoms with Gasteiger partial charge in [0.15, 0.2) is 5.11 Å². The molecule has 1 unspecified atom stereocenters. The first-order valence-electron chi connectivity index (χ1n) is 4.94. The molecular formula is C11H15ClN2S. The average Bonchev–Trinajstić information content (AvgIpc) is 2.18. The molecule has 0 fully saturated rings. The van der Waals surface area contributed by atoms with Crippen LogP contribution in [0.3, 0.4) is 0 Å². The lowest BCUT2D eigenvalue weighted by Crippen LogP contribution is -2.36. The van der Waals surface area contributed by atoms with Gasteiger partial charge in [0, 0.05) is 11.6 Å². The van der Waals surface area contributed by atoms with Gasteiger partial charge in [-0.3, -0.25) is 0 Å². The van der Waals surface area contributed by atoms with E-state index in [1.54, 1.807) is 0 Å². The molecule has 2 nitrogen and oxygen atoms in total. The van der Waals surface area contributed by atoms with Gasteiger partial charge in [-0.1, -0.05) is 29.8 Å². The van der Waals surface area contributed by atoms with Crippen LogP contribution in [-0.2, 0) is 0 Å². The summed E-state index contributed by atoms with van der Waals surface area (Å²) in [6.45, 7) is 4.86. The molecule has 0 aliphatic heterocycles. The summed E-state index contributed by atoms with van der Waals surface area (Å²) in [5.41, 5.74) is 1.06. The quantitative estimate of drug-likeness (QED) is 0.798. The zero-order valence-corrected chi connectivity index (χ0v) is 10.5. The molecule has 0 aliphatic rings. The lowest BCUT2D eigenvalue weighted by molar-refractivity contribution is 0.702. The highest BCUT2D eigenvalue weighted by atomic mass is 35.5. The standard InChI is InChI=1S/C11H15ClN2S/c1-3-13-11(15)14-8(2)9-6-4-5-7-10(9)12/h4-8H,3H2,1-2H3,(H2,13,14,15). The molecule has 0 heterocycles. The second-order valence-corrected chi connectivity index (χ2v) is 4.06. The molecule has 0 aliphatic carbocycles. The van der Waals surface area contributed by atoms with Gasteiger partial charge >= 0.3 is 0 Å². The fraction of sp³-hybridized carbons (Fsp3) is 0.364. The summed E-state index contributed by atoms with van der Waals surface area (Å²) in [6.07, 6.45) is 0. The molecule has 1 atom stereocenters. The van der Waals surface area contributed by atoms with Crippen molar-refractivity contribution < 1.29 is 0 Å². The van der Waals surface area contributed by atoms with Crippen LogP contribution in [0.25, 0.3) is 0 Å². The molecule has 0 radical (unpaired) electrons. The summed E-state index contributed by atoms with van der Waals surface area (Å²) in [7, 11) is 0. The molecule has 0 bridgehead atoms. The molecule has 15 heavy (non-hydrogen) atoms. The van der Waals surface area contributed by atoms with Gasteiger partial charge in [0.25, 0.3) is 0 Å². The third-order valence-electron chi connectivity index (χ3n) is 2.06. The van der Waals surface area contributed by atoms with Gasteiger partial charge in [-0.25, -0.2) is 0 Å². The molecule has 0 aromatic heterocycles. The topological polar surface area (TPSA) is 24.1 Å². The van der Waals surface area contributed by atoms with Gasteiger partial charge in [0.05, 0.1) is 6.04 Å². The number of halogens is 1. The zero-order chi connectivity index (χ0) is 11.3. The maximum Gasteiger partial charge on any atom is 0.166 e. The van der Waals surface area contributed by atoms with Crippen LogP contribution in [0.5, 0.6) is 0 Å². The molecule has 4 heteroatoms. The fourth-order valence-corrected chi connectivity index (χ4v) is 1.93. The highest BCUT2D eigenvalue weighted by Crippen LogP contribution is 2.21. The van der Waals surface area contributed by atoms with Crippen LogP contribution in [0.2, 0.25) is 5.02 Å². The Morgan fingerprint density at radius 1 is 1.47 bits per heavy atom. The Morgan fingerprint density at radius 2 is 2.13 bits per heavy atom. The number of thiocarbonyl (C=S) groups is 1. The molecule has 1 aromatic carbocycles. The normalized spacial score (nSPS) is 11.9. The Bertz CT molecular complexity index is 341. The summed E-state index contributed by atoms with van der Waals surface area (Å²) in [5, 5.41) is 7.63. The number of nitrogens with one attached hydrogen (secondary N) is 2. The number of hydrogen-bond donors (Lipinski definition) is 2. The SMILES string of the molecule is CCNC(=S)NC(C)c1ccccc1Cl. The van der Waals surface area contributed by atoms with E-state index < -0.39 is 0 Å². The summed E-state index contributed by atoms with van der Waals surface area (Å²) in [5.74, 6) is 0. The minimum Gasteiger partial charge on any atom is -0.363 e. The first-order chi connectivity index (χ1) is 7.15. The highest BCUT2D eigenvalue weighted by Gasteiger charge is 2.09. The van der Waals surface area contributed by atoms with Gasteiger partial charge in [0.1, 0.15) is 0 Å². The van der Waals surface area contributed by atoms with Crippen molar-refractivity contribution in [3.8, 4) is 0 Å². The van der Waals surface area contributed by atoms with Crippen LogP contribution >= 0.6 is 23.8 Å². The lowest BCUT2D eigenvalue weighted by atomic mass is 10.1. The van der Waals surface area contributed by atoms with E-state index in [1.807, 2.05) is 38.1 Å². The lowest BCUT2D eigenvalue weighted by Gasteiger charge is -2.17. The van der Waals surface area contributed by atoms with Crippen LogP contribution in [0.15, 0.2) is 24.3 Å². The van der Waals surface area contributed by atoms with Crippen molar-refractivity contribution >= 4 is 28.9 Å².